The Labute approximate surface area is 118 Å². The largest absolute Gasteiger partial charge is 0.467 e. The number of anilines is 2. The number of nitrogen functional groups attached to an aromatic ring is 1. The van der Waals surface area contributed by atoms with Gasteiger partial charge in [0.05, 0.1) is 12.7 Å². The molecule has 1 aromatic heterocycles. The van der Waals surface area contributed by atoms with Crippen LogP contribution in [0.25, 0.3) is 0 Å². The van der Waals surface area contributed by atoms with Crippen LogP contribution in [-0.2, 0) is 0 Å². The number of hydrogen-bond acceptors (Lipinski definition) is 8. The van der Waals surface area contributed by atoms with Crippen LogP contribution in [0.3, 0.4) is 0 Å². The fourth-order valence-electron chi connectivity index (χ4n) is 2.63. The van der Waals surface area contributed by atoms with Gasteiger partial charge < -0.3 is 15.2 Å². The number of methoxy groups -OCH3 is 1. The average Bonchev–Trinajstić information content (AvgIpc) is 2.44. The molecule has 1 aliphatic carbocycles. The van der Waals surface area contributed by atoms with E-state index in [9.17, 15) is 5.11 Å². The standard InChI is InChI=1S/C12H22N6O2/c1-8-4-3-5-12(19,6-8)7-14-9-15-10(18-13)17-11(16-9)20-2/h8,19H,3-7,13H2,1-2H3,(H2,14,15,16,17,18). The van der Waals surface area contributed by atoms with Crippen molar-refractivity contribution in [2.75, 3.05) is 24.4 Å². The first kappa shape index (κ1) is 14.7. The highest BCUT2D eigenvalue weighted by Crippen LogP contribution is 2.32. The number of nitrogens with two attached hydrogens (primary N) is 1. The average molecular weight is 282 g/mol. The molecule has 112 valence electrons. The molecule has 2 rings (SSSR count). The summed E-state index contributed by atoms with van der Waals surface area (Å²) >= 11 is 0. The van der Waals surface area contributed by atoms with Gasteiger partial charge in [-0.25, -0.2) is 5.84 Å². The van der Waals surface area contributed by atoms with Crippen LogP contribution in [-0.4, -0.2) is 39.3 Å². The maximum absolute atomic E-state index is 10.6. The molecule has 20 heavy (non-hydrogen) atoms. The highest BCUT2D eigenvalue weighted by Gasteiger charge is 2.32. The molecule has 0 saturated heterocycles. The van der Waals surface area contributed by atoms with Gasteiger partial charge in [0.15, 0.2) is 0 Å². The molecule has 1 heterocycles. The van der Waals surface area contributed by atoms with E-state index in [-0.39, 0.29) is 12.0 Å². The van der Waals surface area contributed by atoms with Gasteiger partial charge in [-0.15, -0.1) is 0 Å². The Morgan fingerprint density at radius 1 is 1.40 bits per heavy atom. The van der Waals surface area contributed by atoms with Crippen LogP contribution < -0.4 is 21.3 Å². The summed E-state index contributed by atoms with van der Waals surface area (Å²) < 4.78 is 4.97. The van der Waals surface area contributed by atoms with Crippen molar-refractivity contribution in [3.63, 3.8) is 0 Å². The zero-order chi connectivity index (χ0) is 14.6. The third-order valence-corrected chi connectivity index (χ3v) is 3.57. The maximum Gasteiger partial charge on any atom is 0.322 e. The van der Waals surface area contributed by atoms with Gasteiger partial charge in [-0.2, -0.15) is 15.0 Å². The molecule has 1 aromatic rings. The van der Waals surface area contributed by atoms with Gasteiger partial charge in [-0.05, 0) is 18.8 Å². The molecule has 5 N–H and O–H groups in total. The SMILES string of the molecule is COc1nc(NN)nc(NCC2(O)CCCC(C)C2)n1. The molecule has 1 fully saturated rings. The van der Waals surface area contributed by atoms with Crippen molar-refractivity contribution < 1.29 is 9.84 Å². The van der Waals surface area contributed by atoms with E-state index >= 15 is 0 Å². The van der Waals surface area contributed by atoms with E-state index in [1.807, 2.05) is 0 Å². The lowest BCUT2D eigenvalue weighted by Crippen LogP contribution is -2.41. The summed E-state index contributed by atoms with van der Waals surface area (Å²) in [5, 5.41) is 13.6. The van der Waals surface area contributed by atoms with Gasteiger partial charge in [0, 0.05) is 6.54 Å². The van der Waals surface area contributed by atoms with Crippen LogP contribution in [0, 0.1) is 5.92 Å². The Kier molecular flexibility index (Phi) is 4.56. The normalized spacial score (nSPS) is 26.1. The van der Waals surface area contributed by atoms with E-state index in [0.29, 0.717) is 18.4 Å². The lowest BCUT2D eigenvalue weighted by atomic mass is 9.79. The van der Waals surface area contributed by atoms with Crippen LogP contribution in [0.1, 0.15) is 32.6 Å². The van der Waals surface area contributed by atoms with Gasteiger partial charge >= 0.3 is 6.01 Å². The Bertz CT molecular complexity index is 435. The molecule has 0 spiro atoms. The first-order chi connectivity index (χ1) is 9.54. The van der Waals surface area contributed by atoms with Crippen molar-refractivity contribution in [1.29, 1.82) is 0 Å². The predicted molar refractivity (Wildman–Crippen MR) is 75.3 cm³/mol. The summed E-state index contributed by atoms with van der Waals surface area (Å²) in [6.45, 7) is 2.56. The number of aliphatic hydroxyl groups is 1. The lowest BCUT2D eigenvalue weighted by molar-refractivity contribution is -0.000910. The summed E-state index contributed by atoms with van der Waals surface area (Å²) in [5.41, 5.74) is 1.64. The third-order valence-electron chi connectivity index (χ3n) is 3.57. The topological polar surface area (TPSA) is 118 Å². The molecule has 1 saturated carbocycles. The Balaban J connectivity index is 2.02. The number of nitrogens with one attached hydrogen (secondary N) is 2. The van der Waals surface area contributed by atoms with Crippen molar-refractivity contribution in [2.24, 2.45) is 11.8 Å². The summed E-state index contributed by atoms with van der Waals surface area (Å²) in [6, 6.07) is 0.166. The highest BCUT2D eigenvalue weighted by atomic mass is 16.5. The molecule has 1 aliphatic rings. The smallest absolute Gasteiger partial charge is 0.322 e. The van der Waals surface area contributed by atoms with Crippen molar-refractivity contribution in [3.05, 3.63) is 0 Å². The van der Waals surface area contributed by atoms with Crippen LogP contribution in [0.15, 0.2) is 0 Å². The zero-order valence-electron chi connectivity index (χ0n) is 11.9. The number of rotatable bonds is 5. The van der Waals surface area contributed by atoms with Gasteiger partial charge in [0.25, 0.3) is 0 Å². The maximum atomic E-state index is 10.6. The number of nitrogens with zero attached hydrogens (tertiary/aromatic N) is 3. The monoisotopic (exact) mass is 282 g/mol. The molecule has 8 heteroatoms. The summed E-state index contributed by atoms with van der Waals surface area (Å²) in [7, 11) is 1.47. The highest BCUT2D eigenvalue weighted by molar-refractivity contribution is 5.35. The first-order valence-corrected chi connectivity index (χ1v) is 6.77. The van der Waals surface area contributed by atoms with Gasteiger partial charge in [0.1, 0.15) is 0 Å². The lowest BCUT2D eigenvalue weighted by Gasteiger charge is -2.35. The van der Waals surface area contributed by atoms with E-state index in [4.69, 9.17) is 10.6 Å². The quantitative estimate of drug-likeness (QED) is 0.456. The van der Waals surface area contributed by atoms with Gasteiger partial charge in [-0.1, -0.05) is 19.8 Å². The molecule has 2 unspecified atom stereocenters. The molecule has 0 amide bonds. The fraction of sp³-hybridized carbons (Fsp3) is 0.750. The van der Waals surface area contributed by atoms with Crippen molar-refractivity contribution in [3.8, 4) is 6.01 Å². The molecular weight excluding hydrogens is 260 g/mol. The second kappa shape index (κ2) is 6.19. The number of aromatic nitrogens is 3. The second-order valence-electron chi connectivity index (χ2n) is 5.39. The van der Waals surface area contributed by atoms with Gasteiger partial charge in [0.2, 0.25) is 11.9 Å². The summed E-state index contributed by atoms with van der Waals surface area (Å²) in [5.74, 6) is 6.36. The zero-order valence-corrected chi connectivity index (χ0v) is 11.9. The Morgan fingerprint density at radius 3 is 2.80 bits per heavy atom. The first-order valence-electron chi connectivity index (χ1n) is 6.77. The van der Waals surface area contributed by atoms with Crippen molar-refractivity contribution in [2.45, 2.75) is 38.2 Å². The minimum absolute atomic E-state index is 0.166. The number of hydrazine groups is 1. The van der Waals surface area contributed by atoms with Crippen LogP contribution in [0.5, 0.6) is 6.01 Å². The predicted octanol–water partition coefficient (Wildman–Crippen LogP) is 0.519. The molecule has 2 atom stereocenters. The Hall–Kier alpha value is -1.67. The minimum Gasteiger partial charge on any atom is -0.467 e. The molecule has 0 bridgehead atoms. The summed E-state index contributed by atoms with van der Waals surface area (Å²) in [4.78, 5) is 12.1. The van der Waals surface area contributed by atoms with Crippen LogP contribution in [0.2, 0.25) is 0 Å². The van der Waals surface area contributed by atoms with Gasteiger partial charge in [-0.3, -0.25) is 5.43 Å². The third kappa shape index (κ3) is 3.67. The van der Waals surface area contributed by atoms with E-state index in [1.54, 1.807) is 0 Å². The van der Waals surface area contributed by atoms with Crippen LogP contribution in [0.4, 0.5) is 11.9 Å². The number of ether oxygens (including phenoxy) is 1. The van der Waals surface area contributed by atoms with Crippen molar-refractivity contribution >= 4 is 11.9 Å². The second-order valence-corrected chi connectivity index (χ2v) is 5.39. The molecular formula is C12H22N6O2. The van der Waals surface area contributed by atoms with Crippen molar-refractivity contribution in [1.82, 2.24) is 15.0 Å². The van der Waals surface area contributed by atoms with E-state index in [1.165, 1.54) is 13.5 Å². The minimum atomic E-state index is -0.714. The van der Waals surface area contributed by atoms with E-state index in [2.05, 4.69) is 32.6 Å². The van der Waals surface area contributed by atoms with Crippen LogP contribution >= 0.6 is 0 Å². The van der Waals surface area contributed by atoms with E-state index < -0.39 is 5.60 Å². The molecule has 8 nitrogen and oxygen atoms in total. The summed E-state index contributed by atoms with van der Waals surface area (Å²) in [6.07, 6.45) is 3.78. The molecule has 0 aromatic carbocycles. The van der Waals surface area contributed by atoms with E-state index in [0.717, 1.165) is 19.3 Å². The molecule has 0 radical (unpaired) electrons. The Morgan fingerprint density at radius 2 is 2.15 bits per heavy atom. The number of hydrogen-bond donors (Lipinski definition) is 4. The molecule has 0 aliphatic heterocycles. The fourth-order valence-corrected chi connectivity index (χ4v) is 2.63.